The number of nitrogens with one attached hydrogen (secondary N) is 2. The van der Waals surface area contributed by atoms with Crippen molar-refractivity contribution in [2.75, 3.05) is 25.0 Å². The van der Waals surface area contributed by atoms with Crippen molar-refractivity contribution in [2.24, 2.45) is 0 Å². The topological polar surface area (TPSA) is 74.4 Å². The molecule has 5 rings (SSSR count). The number of fused-ring (bicyclic) bond motifs is 2. The number of likely N-dealkylation sites (tertiary alicyclic amines) is 1. The van der Waals surface area contributed by atoms with Gasteiger partial charge in [0.1, 0.15) is 5.75 Å². The van der Waals surface area contributed by atoms with Crippen LogP contribution in [0.5, 0.6) is 5.75 Å². The number of piperidine rings is 1. The van der Waals surface area contributed by atoms with Gasteiger partial charge in [0.05, 0.1) is 16.3 Å². The first-order chi connectivity index (χ1) is 14.1. The highest BCUT2D eigenvalue weighted by Gasteiger charge is 2.28. The van der Waals surface area contributed by atoms with Gasteiger partial charge in [-0.1, -0.05) is 29.8 Å². The van der Waals surface area contributed by atoms with Crippen LogP contribution in [0.4, 0.5) is 5.69 Å². The normalized spacial score (nSPS) is 17.0. The van der Waals surface area contributed by atoms with E-state index < -0.39 is 0 Å². The molecule has 148 valence electrons. The Morgan fingerprint density at radius 1 is 1.14 bits per heavy atom. The predicted octanol–water partition coefficient (Wildman–Crippen LogP) is 4.17. The van der Waals surface area contributed by atoms with Crippen molar-refractivity contribution in [2.45, 2.75) is 18.8 Å². The SMILES string of the molecule is O=C1COc2cc(C(=O)N3CCC(c4cc5ccccc5[nH]4)CC3)c(Cl)cc2N1. The summed E-state index contributed by atoms with van der Waals surface area (Å²) < 4.78 is 5.43. The third-order valence-corrected chi connectivity index (χ3v) is 6.02. The van der Waals surface area contributed by atoms with E-state index >= 15 is 0 Å². The smallest absolute Gasteiger partial charge is 0.262 e. The number of aromatic amines is 1. The van der Waals surface area contributed by atoms with Gasteiger partial charge in [0, 0.05) is 30.2 Å². The van der Waals surface area contributed by atoms with Crippen LogP contribution in [-0.4, -0.2) is 41.4 Å². The summed E-state index contributed by atoms with van der Waals surface area (Å²) in [6, 6.07) is 13.7. The number of ether oxygens (including phenoxy) is 1. The van der Waals surface area contributed by atoms with Crippen molar-refractivity contribution in [3.05, 3.63) is 58.7 Å². The van der Waals surface area contributed by atoms with Crippen LogP contribution in [0.25, 0.3) is 10.9 Å². The number of anilines is 1. The van der Waals surface area contributed by atoms with Crippen LogP contribution in [0.15, 0.2) is 42.5 Å². The van der Waals surface area contributed by atoms with E-state index in [0.717, 1.165) is 18.4 Å². The van der Waals surface area contributed by atoms with E-state index in [2.05, 4.69) is 28.5 Å². The molecule has 1 fully saturated rings. The zero-order valence-corrected chi connectivity index (χ0v) is 16.5. The molecule has 3 aromatic rings. The van der Waals surface area contributed by atoms with Crippen LogP contribution in [0.3, 0.4) is 0 Å². The van der Waals surface area contributed by atoms with Crippen LogP contribution < -0.4 is 10.1 Å². The lowest BCUT2D eigenvalue weighted by Gasteiger charge is -2.32. The number of para-hydroxylation sites is 1. The number of hydrogen-bond donors (Lipinski definition) is 2. The fourth-order valence-corrected chi connectivity index (χ4v) is 4.39. The molecule has 2 N–H and O–H groups in total. The van der Waals surface area contributed by atoms with Crippen LogP contribution in [-0.2, 0) is 4.79 Å². The van der Waals surface area contributed by atoms with Gasteiger partial charge in [-0.05, 0) is 42.5 Å². The molecule has 0 aliphatic carbocycles. The second-order valence-corrected chi connectivity index (χ2v) is 7.95. The molecular formula is C22H20ClN3O3. The summed E-state index contributed by atoms with van der Waals surface area (Å²) in [5.74, 6) is 0.550. The summed E-state index contributed by atoms with van der Waals surface area (Å²) in [5, 5.41) is 4.24. The second-order valence-electron chi connectivity index (χ2n) is 7.54. The van der Waals surface area contributed by atoms with Crippen molar-refractivity contribution in [3.63, 3.8) is 0 Å². The summed E-state index contributed by atoms with van der Waals surface area (Å²) in [4.78, 5) is 29.9. The number of carbonyl (C=O) groups is 2. The molecule has 2 aliphatic rings. The number of rotatable bonds is 2. The molecule has 1 aromatic heterocycles. The lowest BCUT2D eigenvalue weighted by molar-refractivity contribution is -0.118. The van der Waals surface area contributed by atoms with Crippen LogP contribution in [0.2, 0.25) is 5.02 Å². The minimum atomic E-state index is -0.230. The zero-order valence-electron chi connectivity index (χ0n) is 15.7. The average Bonchev–Trinajstić information content (AvgIpc) is 3.17. The lowest BCUT2D eigenvalue weighted by atomic mass is 9.93. The van der Waals surface area contributed by atoms with Crippen LogP contribution >= 0.6 is 11.6 Å². The average molecular weight is 410 g/mol. The summed E-state index contributed by atoms with van der Waals surface area (Å²) >= 11 is 6.33. The first-order valence-corrected chi connectivity index (χ1v) is 10.1. The molecule has 2 amide bonds. The van der Waals surface area contributed by atoms with E-state index in [4.69, 9.17) is 16.3 Å². The molecule has 6 nitrogen and oxygen atoms in total. The van der Waals surface area contributed by atoms with Gasteiger partial charge < -0.3 is 19.9 Å². The zero-order chi connectivity index (χ0) is 20.0. The Labute approximate surface area is 172 Å². The maximum atomic E-state index is 13.0. The molecule has 0 atom stereocenters. The predicted molar refractivity (Wildman–Crippen MR) is 112 cm³/mol. The maximum Gasteiger partial charge on any atom is 0.262 e. The molecular weight excluding hydrogens is 390 g/mol. The summed E-state index contributed by atoms with van der Waals surface area (Å²) in [7, 11) is 0. The van der Waals surface area contributed by atoms with E-state index in [1.165, 1.54) is 11.1 Å². The Morgan fingerprint density at radius 2 is 1.93 bits per heavy atom. The molecule has 1 saturated heterocycles. The lowest BCUT2D eigenvalue weighted by Crippen LogP contribution is -2.38. The van der Waals surface area contributed by atoms with E-state index in [-0.39, 0.29) is 18.4 Å². The Morgan fingerprint density at radius 3 is 2.72 bits per heavy atom. The van der Waals surface area contributed by atoms with Crippen molar-refractivity contribution in [1.29, 1.82) is 0 Å². The number of nitrogens with zero attached hydrogens (tertiary/aromatic N) is 1. The number of carbonyl (C=O) groups excluding carboxylic acids is 2. The second kappa shape index (κ2) is 7.12. The van der Waals surface area contributed by atoms with Gasteiger partial charge in [-0.2, -0.15) is 0 Å². The van der Waals surface area contributed by atoms with E-state index in [1.807, 2.05) is 17.0 Å². The highest BCUT2D eigenvalue weighted by atomic mass is 35.5. The molecule has 0 saturated carbocycles. The molecule has 2 aromatic carbocycles. The Kier molecular flexibility index (Phi) is 4.43. The first kappa shape index (κ1) is 18.1. The van der Waals surface area contributed by atoms with Gasteiger partial charge in [0.25, 0.3) is 11.8 Å². The highest BCUT2D eigenvalue weighted by molar-refractivity contribution is 6.34. The number of amides is 2. The third-order valence-electron chi connectivity index (χ3n) is 5.71. The van der Waals surface area contributed by atoms with Gasteiger partial charge in [-0.15, -0.1) is 0 Å². The molecule has 29 heavy (non-hydrogen) atoms. The molecule has 3 heterocycles. The van der Waals surface area contributed by atoms with Gasteiger partial charge in [0.15, 0.2) is 6.61 Å². The van der Waals surface area contributed by atoms with Gasteiger partial charge >= 0.3 is 0 Å². The minimum Gasteiger partial charge on any atom is -0.482 e. The molecule has 2 aliphatic heterocycles. The van der Waals surface area contributed by atoms with E-state index in [0.29, 0.717) is 41.0 Å². The number of benzene rings is 2. The largest absolute Gasteiger partial charge is 0.482 e. The number of halogens is 1. The third kappa shape index (κ3) is 3.34. The summed E-state index contributed by atoms with van der Waals surface area (Å²) in [6.45, 7) is 1.28. The van der Waals surface area contributed by atoms with Gasteiger partial charge in [-0.3, -0.25) is 9.59 Å². The molecule has 0 bridgehead atoms. The number of H-pyrrole nitrogens is 1. The van der Waals surface area contributed by atoms with Crippen molar-refractivity contribution >= 4 is 40.0 Å². The fraction of sp³-hybridized carbons (Fsp3) is 0.273. The van der Waals surface area contributed by atoms with Crippen molar-refractivity contribution in [3.8, 4) is 5.75 Å². The van der Waals surface area contributed by atoms with Crippen molar-refractivity contribution in [1.82, 2.24) is 9.88 Å². The molecule has 0 unspecified atom stereocenters. The quantitative estimate of drug-likeness (QED) is 0.667. The van der Waals surface area contributed by atoms with E-state index in [9.17, 15) is 9.59 Å². The first-order valence-electron chi connectivity index (χ1n) is 9.71. The maximum absolute atomic E-state index is 13.0. The summed E-state index contributed by atoms with van der Waals surface area (Å²) in [5.41, 5.74) is 3.29. The van der Waals surface area contributed by atoms with Gasteiger partial charge in [0.2, 0.25) is 0 Å². The fourth-order valence-electron chi connectivity index (χ4n) is 4.14. The number of aromatic nitrogens is 1. The Bertz CT molecular complexity index is 1080. The van der Waals surface area contributed by atoms with E-state index in [1.54, 1.807) is 12.1 Å². The highest BCUT2D eigenvalue weighted by Crippen LogP contribution is 2.35. The van der Waals surface area contributed by atoms with Crippen LogP contribution in [0, 0.1) is 0 Å². The standard InChI is InChI=1S/C22H20ClN3O3/c23-16-11-19-20(29-12-21(27)25-19)10-15(16)22(28)26-7-5-13(6-8-26)18-9-14-3-1-2-4-17(14)24-18/h1-4,9-11,13,24H,5-8,12H2,(H,25,27). The Balaban J connectivity index is 1.30. The van der Waals surface area contributed by atoms with Crippen molar-refractivity contribution < 1.29 is 14.3 Å². The van der Waals surface area contributed by atoms with Gasteiger partial charge in [-0.25, -0.2) is 0 Å². The summed E-state index contributed by atoms with van der Waals surface area (Å²) in [6.07, 6.45) is 1.79. The number of hydrogen-bond acceptors (Lipinski definition) is 3. The minimum absolute atomic E-state index is 0.0574. The monoisotopic (exact) mass is 409 g/mol. The van der Waals surface area contributed by atoms with Crippen LogP contribution in [0.1, 0.15) is 34.8 Å². The molecule has 0 radical (unpaired) electrons. The molecule has 7 heteroatoms. The molecule has 0 spiro atoms. The Hall–Kier alpha value is -2.99.